The van der Waals surface area contributed by atoms with Gasteiger partial charge in [-0.1, -0.05) is 0 Å². The molecule has 1 heterocycles. The van der Waals surface area contributed by atoms with Crippen LogP contribution in [0.2, 0.25) is 0 Å². The minimum atomic E-state index is -3.79. The summed E-state index contributed by atoms with van der Waals surface area (Å²) in [6.07, 6.45) is 1.28. The molecule has 0 fully saturated rings. The number of aromatic amines is 1. The van der Waals surface area contributed by atoms with Crippen molar-refractivity contribution in [3.63, 3.8) is 0 Å². The number of nitrogens with one attached hydrogen (secondary N) is 2. The Labute approximate surface area is 96.7 Å². The lowest BCUT2D eigenvalue weighted by Gasteiger charge is -2.06. The van der Waals surface area contributed by atoms with Crippen LogP contribution in [0.5, 0.6) is 0 Å². The van der Waals surface area contributed by atoms with Gasteiger partial charge < -0.3 is 5.73 Å². The Hall–Kier alpha value is -2.09. The quantitative estimate of drug-likeness (QED) is 0.760. The van der Waals surface area contributed by atoms with Crippen molar-refractivity contribution in [2.75, 3.05) is 10.5 Å². The maximum absolute atomic E-state index is 12.7. The van der Waals surface area contributed by atoms with Gasteiger partial charge in [-0.2, -0.15) is 5.10 Å². The van der Waals surface area contributed by atoms with Crippen LogP contribution in [-0.4, -0.2) is 18.6 Å². The van der Waals surface area contributed by atoms with E-state index in [0.29, 0.717) is 0 Å². The number of nitrogens with two attached hydrogens (primary N) is 1. The van der Waals surface area contributed by atoms with Gasteiger partial charge in [-0.15, -0.1) is 0 Å². The number of nitrogens with zero attached hydrogens (tertiary/aromatic N) is 1. The highest BCUT2D eigenvalue weighted by atomic mass is 32.2. The van der Waals surface area contributed by atoms with Crippen molar-refractivity contribution in [2.24, 2.45) is 0 Å². The third-order valence-electron chi connectivity index (χ3n) is 2.03. The average Bonchev–Trinajstić information content (AvgIpc) is 2.64. The summed E-state index contributed by atoms with van der Waals surface area (Å²) in [5.74, 6) is -0.431. The maximum atomic E-state index is 12.7. The van der Waals surface area contributed by atoms with Gasteiger partial charge in [0.1, 0.15) is 5.82 Å². The Balaban J connectivity index is 2.31. The van der Waals surface area contributed by atoms with Gasteiger partial charge in [0.2, 0.25) is 0 Å². The zero-order chi connectivity index (χ0) is 12.5. The fourth-order valence-electron chi connectivity index (χ4n) is 1.18. The molecule has 17 heavy (non-hydrogen) atoms. The Bertz CT molecular complexity index is 621. The molecular formula is C9H9FN4O2S. The van der Waals surface area contributed by atoms with Gasteiger partial charge in [-0.3, -0.25) is 9.82 Å². The molecule has 2 aromatic rings. The van der Waals surface area contributed by atoms with Crippen molar-refractivity contribution in [2.45, 2.75) is 4.90 Å². The van der Waals surface area contributed by atoms with Gasteiger partial charge in [-0.05, 0) is 24.3 Å². The fraction of sp³-hybridized carbons (Fsp3) is 0. The molecule has 0 aliphatic heterocycles. The monoisotopic (exact) mass is 256 g/mol. The highest BCUT2D eigenvalue weighted by Gasteiger charge is 2.16. The predicted octanol–water partition coefficient (Wildman–Crippen LogP) is 0.932. The number of halogens is 1. The summed E-state index contributed by atoms with van der Waals surface area (Å²) in [5.41, 5.74) is 5.65. The third kappa shape index (κ3) is 2.36. The second-order valence-corrected chi connectivity index (χ2v) is 4.94. The molecular weight excluding hydrogens is 247 g/mol. The first-order valence-corrected chi connectivity index (χ1v) is 6.04. The Kier molecular flexibility index (Phi) is 2.72. The van der Waals surface area contributed by atoms with Crippen LogP contribution in [0.4, 0.5) is 15.9 Å². The lowest BCUT2D eigenvalue weighted by Crippen LogP contribution is -2.14. The molecule has 6 nitrogen and oxygen atoms in total. The molecule has 2 rings (SSSR count). The molecule has 0 radical (unpaired) electrons. The van der Waals surface area contributed by atoms with Gasteiger partial charge in [0, 0.05) is 0 Å². The van der Waals surface area contributed by atoms with Crippen molar-refractivity contribution in [1.82, 2.24) is 10.2 Å². The molecule has 8 heteroatoms. The molecule has 0 unspecified atom stereocenters. The molecule has 0 saturated carbocycles. The summed E-state index contributed by atoms with van der Waals surface area (Å²) in [4.78, 5) is -0.0621. The zero-order valence-electron chi connectivity index (χ0n) is 8.51. The van der Waals surface area contributed by atoms with Crippen LogP contribution < -0.4 is 10.5 Å². The van der Waals surface area contributed by atoms with Crippen LogP contribution in [0, 0.1) is 5.82 Å². The molecule has 0 aliphatic rings. The molecule has 4 N–H and O–H groups in total. The van der Waals surface area contributed by atoms with E-state index in [1.54, 1.807) is 0 Å². The van der Waals surface area contributed by atoms with Crippen LogP contribution in [0.1, 0.15) is 0 Å². The van der Waals surface area contributed by atoms with Gasteiger partial charge in [0.25, 0.3) is 10.0 Å². The molecule has 0 saturated heterocycles. The number of H-pyrrole nitrogens is 1. The van der Waals surface area contributed by atoms with E-state index >= 15 is 0 Å². The largest absolute Gasteiger partial charge is 0.394 e. The van der Waals surface area contributed by atoms with E-state index in [1.165, 1.54) is 6.20 Å². The normalized spacial score (nSPS) is 11.4. The first kappa shape index (κ1) is 11.4. The molecule has 0 aliphatic carbocycles. The van der Waals surface area contributed by atoms with E-state index in [1.807, 2.05) is 0 Å². The summed E-state index contributed by atoms with van der Waals surface area (Å²) < 4.78 is 38.5. The minimum Gasteiger partial charge on any atom is -0.394 e. The lowest BCUT2D eigenvalue weighted by molar-refractivity contribution is 0.599. The van der Waals surface area contributed by atoms with Crippen LogP contribution in [0.3, 0.4) is 0 Å². The van der Waals surface area contributed by atoms with Crippen molar-refractivity contribution in [3.05, 3.63) is 36.3 Å². The van der Waals surface area contributed by atoms with Crippen molar-refractivity contribution >= 4 is 21.5 Å². The molecule has 0 atom stereocenters. The molecule has 1 aromatic heterocycles. The summed E-state index contributed by atoms with van der Waals surface area (Å²) in [6, 6.07) is 4.43. The predicted molar refractivity (Wildman–Crippen MR) is 60.2 cm³/mol. The molecule has 1 aromatic carbocycles. The lowest BCUT2D eigenvalue weighted by atomic mass is 10.4. The first-order valence-electron chi connectivity index (χ1n) is 4.56. The molecule has 90 valence electrons. The highest BCUT2D eigenvalue weighted by Crippen LogP contribution is 2.18. The minimum absolute atomic E-state index is 0.0621. The van der Waals surface area contributed by atoms with Gasteiger partial charge in [0.05, 0.1) is 16.8 Å². The number of aromatic nitrogens is 2. The van der Waals surface area contributed by atoms with Crippen LogP contribution in [-0.2, 0) is 10.0 Å². The van der Waals surface area contributed by atoms with Gasteiger partial charge >= 0.3 is 0 Å². The number of rotatable bonds is 3. The Morgan fingerprint density at radius 1 is 1.29 bits per heavy atom. The standard InChI is InChI=1S/C9H9FN4O2S/c10-6-1-3-7(4-2-6)17(15,16)14-9-8(11)5-12-13-9/h1-5H,11H2,(H2,12,13,14). The van der Waals surface area contributed by atoms with Crippen LogP contribution >= 0.6 is 0 Å². The van der Waals surface area contributed by atoms with Crippen molar-refractivity contribution in [1.29, 1.82) is 0 Å². The summed E-state index contributed by atoms with van der Waals surface area (Å²) >= 11 is 0. The number of benzene rings is 1. The van der Waals surface area contributed by atoms with Gasteiger partial charge in [0.15, 0.2) is 5.82 Å². The van der Waals surface area contributed by atoms with Crippen molar-refractivity contribution < 1.29 is 12.8 Å². The second-order valence-electron chi connectivity index (χ2n) is 3.26. The summed E-state index contributed by atoms with van der Waals surface area (Å²) in [5, 5.41) is 5.98. The van der Waals surface area contributed by atoms with E-state index < -0.39 is 15.8 Å². The Morgan fingerprint density at radius 3 is 2.47 bits per heavy atom. The van der Waals surface area contributed by atoms with E-state index in [4.69, 9.17) is 5.73 Å². The summed E-state index contributed by atoms with van der Waals surface area (Å²) in [6.45, 7) is 0. The highest BCUT2D eigenvalue weighted by molar-refractivity contribution is 7.92. The number of hydrogen-bond acceptors (Lipinski definition) is 4. The first-order chi connectivity index (χ1) is 7.99. The topological polar surface area (TPSA) is 101 Å². The summed E-state index contributed by atoms with van der Waals surface area (Å²) in [7, 11) is -3.79. The van der Waals surface area contributed by atoms with E-state index in [2.05, 4.69) is 14.9 Å². The third-order valence-corrected chi connectivity index (χ3v) is 3.39. The zero-order valence-corrected chi connectivity index (χ0v) is 9.33. The average molecular weight is 256 g/mol. The molecule has 0 bridgehead atoms. The smallest absolute Gasteiger partial charge is 0.263 e. The van der Waals surface area contributed by atoms with Crippen LogP contribution in [0.15, 0.2) is 35.4 Å². The molecule has 0 spiro atoms. The number of nitrogen functional groups attached to an aromatic ring is 1. The Morgan fingerprint density at radius 2 is 1.94 bits per heavy atom. The number of anilines is 2. The number of sulfonamides is 1. The maximum Gasteiger partial charge on any atom is 0.263 e. The van der Waals surface area contributed by atoms with Gasteiger partial charge in [-0.25, -0.2) is 12.8 Å². The van der Waals surface area contributed by atoms with E-state index in [0.717, 1.165) is 24.3 Å². The molecule has 0 amide bonds. The van der Waals surface area contributed by atoms with E-state index in [-0.39, 0.29) is 16.4 Å². The second kappa shape index (κ2) is 4.06. The van der Waals surface area contributed by atoms with Crippen LogP contribution in [0.25, 0.3) is 0 Å². The fourth-order valence-corrected chi connectivity index (χ4v) is 2.23. The van der Waals surface area contributed by atoms with E-state index in [9.17, 15) is 12.8 Å². The van der Waals surface area contributed by atoms with Crippen molar-refractivity contribution in [3.8, 4) is 0 Å². The number of hydrogen-bond donors (Lipinski definition) is 3. The SMILES string of the molecule is Nc1cn[nH]c1NS(=O)(=O)c1ccc(F)cc1.